The molecular weight excluding hydrogens is 294 g/mol. The summed E-state index contributed by atoms with van der Waals surface area (Å²) in [6.07, 6.45) is 1.58. The third-order valence-corrected chi connectivity index (χ3v) is 3.09. The summed E-state index contributed by atoms with van der Waals surface area (Å²) in [5.74, 6) is -0.253. The number of nitrogens with one attached hydrogen (secondary N) is 1. The Labute approximate surface area is 114 Å². The normalized spacial score (nSPS) is 10.2. The average Bonchev–Trinajstić information content (AvgIpc) is 2.33. The lowest BCUT2D eigenvalue weighted by atomic mass is 10.2. The number of aryl methyl sites for hydroxylation is 2. The number of halogens is 1. The molecule has 0 radical (unpaired) electrons. The van der Waals surface area contributed by atoms with Crippen molar-refractivity contribution in [2.45, 2.75) is 13.8 Å². The van der Waals surface area contributed by atoms with E-state index in [1.165, 1.54) is 0 Å². The molecule has 2 aromatic rings. The summed E-state index contributed by atoms with van der Waals surface area (Å²) < 4.78 is 0.667. The Bertz CT molecular complexity index is 599. The number of nitrogens with zero attached hydrogens (tertiary/aromatic N) is 2. The smallest absolute Gasteiger partial charge is 0.275 e. The highest BCUT2D eigenvalue weighted by Crippen LogP contribution is 2.17. The minimum absolute atomic E-state index is 0.253. The number of hydrogen-bond donors (Lipinski definition) is 1. The maximum atomic E-state index is 12.0. The van der Waals surface area contributed by atoms with Gasteiger partial charge in [-0.2, -0.15) is 0 Å². The van der Waals surface area contributed by atoms with Crippen molar-refractivity contribution in [1.82, 2.24) is 9.97 Å². The molecule has 0 saturated carbocycles. The summed E-state index contributed by atoms with van der Waals surface area (Å²) in [5.41, 5.74) is 2.76. The minimum atomic E-state index is -0.253. The predicted octanol–water partition coefficient (Wildman–Crippen LogP) is 3.11. The number of amides is 1. The van der Waals surface area contributed by atoms with Crippen LogP contribution in [0.4, 0.5) is 5.69 Å². The largest absolute Gasteiger partial charge is 0.319 e. The van der Waals surface area contributed by atoms with Gasteiger partial charge in [0.25, 0.3) is 5.91 Å². The maximum absolute atomic E-state index is 12.0. The molecule has 0 spiro atoms. The van der Waals surface area contributed by atoms with E-state index >= 15 is 0 Å². The summed E-state index contributed by atoms with van der Waals surface area (Å²) in [7, 11) is 0. The first kappa shape index (κ1) is 12.7. The standard InChI is InChI=1S/C13H12BrN3O/c1-8-5-6-11(9(2)16-8)17-13(18)12-10(14)4-3-7-15-12/h3-7H,1-2H3,(H,17,18). The lowest BCUT2D eigenvalue weighted by Crippen LogP contribution is -2.15. The molecule has 0 atom stereocenters. The summed E-state index contributed by atoms with van der Waals surface area (Å²) >= 11 is 3.30. The second kappa shape index (κ2) is 5.27. The summed E-state index contributed by atoms with van der Waals surface area (Å²) in [5, 5.41) is 2.80. The zero-order valence-corrected chi connectivity index (χ0v) is 11.7. The molecule has 92 valence electrons. The predicted molar refractivity (Wildman–Crippen MR) is 73.6 cm³/mol. The van der Waals surface area contributed by atoms with Crippen molar-refractivity contribution in [2.75, 3.05) is 5.32 Å². The van der Waals surface area contributed by atoms with Gasteiger partial charge >= 0.3 is 0 Å². The van der Waals surface area contributed by atoms with Gasteiger partial charge in [-0.15, -0.1) is 0 Å². The van der Waals surface area contributed by atoms with Crippen LogP contribution < -0.4 is 5.32 Å². The molecule has 0 aliphatic carbocycles. The lowest BCUT2D eigenvalue weighted by molar-refractivity contribution is 0.102. The van der Waals surface area contributed by atoms with Gasteiger partial charge in [0.1, 0.15) is 5.69 Å². The molecule has 2 rings (SSSR count). The van der Waals surface area contributed by atoms with Gasteiger partial charge < -0.3 is 5.32 Å². The number of hydrogen-bond acceptors (Lipinski definition) is 3. The van der Waals surface area contributed by atoms with Gasteiger partial charge in [-0.05, 0) is 54.0 Å². The van der Waals surface area contributed by atoms with Crippen LogP contribution in [0.25, 0.3) is 0 Å². The fourth-order valence-corrected chi connectivity index (χ4v) is 1.99. The van der Waals surface area contributed by atoms with Gasteiger partial charge in [0.2, 0.25) is 0 Å². The van der Waals surface area contributed by atoms with Crippen LogP contribution in [0.1, 0.15) is 21.9 Å². The molecule has 1 amide bonds. The molecule has 0 unspecified atom stereocenters. The highest BCUT2D eigenvalue weighted by Gasteiger charge is 2.12. The van der Waals surface area contributed by atoms with E-state index in [0.29, 0.717) is 15.9 Å². The fourth-order valence-electron chi connectivity index (χ4n) is 1.55. The molecule has 0 fully saturated rings. The van der Waals surface area contributed by atoms with Gasteiger partial charge in [0.05, 0.1) is 11.4 Å². The first-order valence-electron chi connectivity index (χ1n) is 5.44. The molecule has 0 aliphatic heterocycles. The van der Waals surface area contributed by atoms with Crippen LogP contribution in [0, 0.1) is 13.8 Å². The molecule has 5 heteroatoms. The minimum Gasteiger partial charge on any atom is -0.319 e. The Balaban J connectivity index is 2.24. The lowest BCUT2D eigenvalue weighted by Gasteiger charge is -2.08. The average molecular weight is 306 g/mol. The zero-order chi connectivity index (χ0) is 13.1. The van der Waals surface area contributed by atoms with E-state index in [2.05, 4.69) is 31.2 Å². The third-order valence-electron chi connectivity index (χ3n) is 2.45. The molecule has 4 nitrogen and oxygen atoms in total. The van der Waals surface area contributed by atoms with Crippen LogP contribution in [0.2, 0.25) is 0 Å². The zero-order valence-electron chi connectivity index (χ0n) is 10.1. The van der Waals surface area contributed by atoms with Crippen LogP contribution in [0.3, 0.4) is 0 Å². The van der Waals surface area contributed by atoms with Crippen LogP contribution in [0.5, 0.6) is 0 Å². The monoisotopic (exact) mass is 305 g/mol. The highest BCUT2D eigenvalue weighted by atomic mass is 79.9. The van der Waals surface area contributed by atoms with E-state index in [4.69, 9.17) is 0 Å². The Morgan fingerprint density at radius 1 is 1.28 bits per heavy atom. The molecule has 2 aromatic heterocycles. The van der Waals surface area contributed by atoms with Crippen LogP contribution in [-0.4, -0.2) is 15.9 Å². The van der Waals surface area contributed by atoms with Crippen molar-refractivity contribution in [3.8, 4) is 0 Å². The molecule has 2 heterocycles. The number of aromatic nitrogens is 2. The molecular formula is C13H12BrN3O. The number of anilines is 1. The second-order valence-electron chi connectivity index (χ2n) is 3.87. The first-order chi connectivity index (χ1) is 8.58. The Hall–Kier alpha value is -1.75. The van der Waals surface area contributed by atoms with Crippen molar-refractivity contribution in [2.24, 2.45) is 0 Å². The SMILES string of the molecule is Cc1ccc(NC(=O)c2ncccc2Br)c(C)n1. The topological polar surface area (TPSA) is 54.9 Å². The molecule has 1 N–H and O–H groups in total. The summed E-state index contributed by atoms with van der Waals surface area (Å²) in [6, 6.07) is 7.24. The van der Waals surface area contributed by atoms with Crippen molar-refractivity contribution < 1.29 is 4.79 Å². The van der Waals surface area contributed by atoms with E-state index < -0.39 is 0 Å². The van der Waals surface area contributed by atoms with Crippen molar-refractivity contribution in [1.29, 1.82) is 0 Å². The second-order valence-corrected chi connectivity index (χ2v) is 4.73. The van der Waals surface area contributed by atoms with Crippen molar-refractivity contribution in [3.05, 3.63) is 52.0 Å². The van der Waals surface area contributed by atoms with E-state index in [1.54, 1.807) is 18.3 Å². The summed E-state index contributed by atoms with van der Waals surface area (Å²) in [4.78, 5) is 20.4. The first-order valence-corrected chi connectivity index (χ1v) is 6.23. The van der Waals surface area contributed by atoms with Crippen molar-refractivity contribution >= 4 is 27.5 Å². The number of carbonyl (C=O) groups is 1. The Kier molecular flexibility index (Phi) is 3.72. The van der Waals surface area contributed by atoms with E-state index in [1.807, 2.05) is 26.0 Å². The van der Waals surface area contributed by atoms with Gasteiger partial charge in [-0.1, -0.05) is 0 Å². The van der Waals surface area contributed by atoms with Gasteiger partial charge in [0, 0.05) is 16.4 Å². The maximum Gasteiger partial charge on any atom is 0.275 e. The molecule has 0 aromatic carbocycles. The van der Waals surface area contributed by atoms with E-state index in [9.17, 15) is 4.79 Å². The van der Waals surface area contributed by atoms with E-state index in [0.717, 1.165) is 11.4 Å². The summed E-state index contributed by atoms with van der Waals surface area (Å²) in [6.45, 7) is 3.77. The molecule has 0 aliphatic rings. The van der Waals surface area contributed by atoms with Gasteiger partial charge in [-0.25, -0.2) is 4.98 Å². The number of pyridine rings is 2. The third kappa shape index (κ3) is 2.73. The van der Waals surface area contributed by atoms with Crippen LogP contribution >= 0.6 is 15.9 Å². The molecule has 18 heavy (non-hydrogen) atoms. The van der Waals surface area contributed by atoms with Crippen LogP contribution in [0.15, 0.2) is 34.9 Å². The quantitative estimate of drug-likeness (QED) is 0.927. The number of rotatable bonds is 2. The fraction of sp³-hybridized carbons (Fsp3) is 0.154. The van der Waals surface area contributed by atoms with E-state index in [-0.39, 0.29) is 5.91 Å². The highest BCUT2D eigenvalue weighted by molar-refractivity contribution is 9.10. The van der Waals surface area contributed by atoms with Gasteiger partial charge in [-0.3, -0.25) is 9.78 Å². The van der Waals surface area contributed by atoms with Gasteiger partial charge in [0.15, 0.2) is 0 Å². The van der Waals surface area contributed by atoms with Crippen LogP contribution in [-0.2, 0) is 0 Å². The molecule has 0 saturated heterocycles. The Morgan fingerprint density at radius 2 is 2.06 bits per heavy atom. The van der Waals surface area contributed by atoms with Crippen molar-refractivity contribution in [3.63, 3.8) is 0 Å². The molecule has 0 bridgehead atoms. The number of carbonyl (C=O) groups excluding carboxylic acids is 1. The Morgan fingerprint density at radius 3 is 2.72 bits per heavy atom.